The van der Waals surface area contributed by atoms with Crippen LogP contribution in [-0.2, 0) is 7.05 Å². The first-order valence-corrected chi connectivity index (χ1v) is 4.84. The van der Waals surface area contributed by atoms with Crippen LogP contribution in [0.15, 0.2) is 12.5 Å². The molecule has 0 aromatic carbocycles. The molecule has 1 aromatic heterocycles. The summed E-state index contributed by atoms with van der Waals surface area (Å²) >= 11 is 5.70. The number of carbonyl (C=O) groups excluding carboxylic acids is 1. The van der Waals surface area contributed by atoms with Gasteiger partial charge in [0.1, 0.15) is 5.69 Å². The van der Waals surface area contributed by atoms with Gasteiger partial charge in [-0.15, -0.1) is 11.6 Å². The van der Waals surface area contributed by atoms with Gasteiger partial charge in [0, 0.05) is 18.5 Å². The van der Waals surface area contributed by atoms with Crippen LogP contribution in [-0.4, -0.2) is 26.9 Å². The molecule has 1 rings (SSSR count). The van der Waals surface area contributed by atoms with Crippen molar-refractivity contribution in [3.05, 3.63) is 18.2 Å². The number of aryl methyl sites for hydroxylation is 1. The van der Waals surface area contributed by atoms with Crippen LogP contribution in [0.5, 0.6) is 0 Å². The lowest BCUT2D eigenvalue weighted by molar-refractivity contribution is 0.0912. The summed E-state index contributed by atoms with van der Waals surface area (Å²) in [6.07, 6.45) is 3.11. The zero-order valence-corrected chi connectivity index (χ0v) is 9.30. The number of halogens is 1. The van der Waals surface area contributed by atoms with E-state index < -0.39 is 5.54 Å². The van der Waals surface area contributed by atoms with Crippen LogP contribution < -0.4 is 5.32 Å². The molecular weight excluding hydrogens is 202 g/mol. The van der Waals surface area contributed by atoms with Crippen LogP contribution in [0.3, 0.4) is 0 Å². The van der Waals surface area contributed by atoms with Crippen molar-refractivity contribution < 1.29 is 4.79 Å². The number of hydrogen-bond donors (Lipinski definition) is 1. The monoisotopic (exact) mass is 215 g/mol. The number of hydrogen-bond acceptors (Lipinski definition) is 2. The largest absolute Gasteiger partial charge is 0.345 e. The molecule has 0 bridgehead atoms. The lowest BCUT2D eigenvalue weighted by Crippen LogP contribution is -2.45. The summed E-state index contributed by atoms with van der Waals surface area (Å²) in [6.45, 7) is 3.74. The van der Waals surface area contributed by atoms with Crippen molar-refractivity contribution in [1.29, 1.82) is 0 Å². The summed E-state index contributed by atoms with van der Waals surface area (Å²) in [4.78, 5) is 15.5. The highest BCUT2D eigenvalue weighted by molar-refractivity contribution is 6.18. The van der Waals surface area contributed by atoms with Crippen molar-refractivity contribution in [2.24, 2.45) is 7.05 Å². The van der Waals surface area contributed by atoms with Crippen molar-refractivity contribution in [1.82, 2.24) is 14.9 Å². The van der Waals surface area contributed by atoms with E-state index in [0.717, 1.165) is 0 Å². The van der Waals surface area contributed by atoms with Gasteiger partial charge in [-0.2, -0.15) is 0 Å². The molecule has 0 fully saturated rings. The molecule has 0 saturated heterocycles. The molecule has 1 aromatic rings. The second-order valence-electron chi connectivity index (χ2n) is 3.86. The highest BCUT2D eigenvalue weighted by atomic mass is 35.5. The molecular formula is C9H14ClN3O. The Balaban J connectivity index is 2.73. The predicted octanol–water partition coefficient (Wildman–Crippen LogP) is 1.17. The number of imidazole rings is 1. The number of aromatic nitrogens is 2. The summed E-state index contributed by atoms with van der Waals surface area (Å²) in [6, 6.07) is 0. The summed E-state index contributed by atoms with van der Waals surface area (Å²) in [5, 5.41) is 2.82. The summed E-state index contributed by atoms with van der Waals surface area (Å²) < 4.78 is 1.67. The van der Waals surface area contributed by atoms with E-state index in [-0.39, 0.29) is 5.91 Å². The Labute approximate surface area is 88.3 Å². The van der Waals surface area contributed by atoms with Crippen LogP contribution in [0, 0.1) is 0 Å². The number of nitrogens with zero attached hydrogens (tertiary/aromatic N) is 2. The molecule has 0 aliphatic carbocycles. The molecule has 14 heavy (non-hydrogen) atoms. The van der Waals surface area contributed by atoms with Gasteiger partial charge >= 0.3 is 0 Å². The van der Waals surface area contributed by atoms with Gasteiger partial charge in [-0.1, -0.05) is 0 Å². The Bertz CT molecular complexity index is 333. The maximum atomic E-state index is 11.7. The fraction of sp³-hybridized carbons (Fsp3) is 0.556. The average Bonchev–Trinajstić information content (AvgIpc) is 2.51. The van der Waals surface area contributed by atoms with E-state index in [1.807, 2.05) is 13.8 Å². The molecule has 1 N–H and O–H groups in total. The molecule has 0 aliphatic heterocycles. The van der Waals surface area contributed by atoms with Gasteiger partial charge in [0.15, 0.2) is 0 Å². The Kier molecular flexibility index (Phi) is 3.16. The molecule has 0 spiro atoms. The summed E-state index contributed by atoms with van der Waals surface area (Å²) in [5.41, 5.74) is 0.131. The van der Waals surface area contributed by atoms with E-state index in [9.17, 15) is 4.79 Å². The molecule has 0 saturated carbocycles. The lowest BCUT2D eigenvalue weighted by atomic mass is 10.1. The topological polar surface area (TPSA) is 46.9 Å². The van der Waals surface area contributed by atoms with E-state index in [1.54, 1.807) is 17.9 Å². The second-order valence-corrected chi connectivity index (χ2v) is 4.13. The third kappa shape index (κ3) is 2.48. The molecule has 4 nitrogen and oxygen atoms in total. The molecule has 5 heteroatoms. The van der Waals surface area contributed by atoms with E-state index in [4.69, 9.17) is 11.6 Å². The average molecular weight is 216 g/mol. The van der Waals surface area contributed by atoms with Crippen molar-refractivity contribution in [3.63, 3.8) is 0 Å². The lowest BCUT2D eigenvalue weighted by Gasteiger charge is -2.23. The minimum absolute atomic E-state index is 0.157. The van der Waals surface area contributed by atoms with Crippen LogP contribution in [0.1, 0.15) is 24.3 Å². The molecule has 0 radical (unpaired) electrons. The first kappa shape index (κ1) is 11.0. The van der Waals surface area contributed by atoms with Gasteiger partial charge in [0.2, 0.25) is 0 Å². The Morgan fingerprint density at radius 1 is 1.71 bits per heavy atom. The Morgan fingerprint density at radius 3 is 2.79 bits per heavy atom. The molecule has 0 atom stereocenters. The molecule has 78 valence electrons. The van der Waals surface area contributed by atoms with Gasteiger partial charge in [0.05, 0.1) is 12.5 Å². The Morgan fingerprint density at radius 2 is 2.36 bits per heavy atom. The fourth-order valence-corrected chi connectivity index (χ4v) is 1.05. The first-order valence-electron chi connectivity index (χ1n) is 4.31. The molecule has 1 amide bonds. The quantitative estimate of drug-likeness (QED) is 0.770. The third-order valence-electron chi connectivity index (χ3n) is 1.84. The number of nitrogens with one attached hydrogen (secondary N) is 1. The molecule has 0 unspecified atom stereocenters. The third-order valence-corrected chi connectivity index (χ3v) is 2.50. The van der Waals surface area contributed by atoms with Crippen molar-refractivity contribution in [2.75, 3.05) is 5.88 Å². The highest BCUT2D eigenvalue weighted by Gasteiger charge is 2.21. The summed E-state index contributed by atoms with van der Waals surface area (Å²) in [5.74, 6) is 0.215. The van der Waals surface area contributed by atoms with Crippen molar-refractivity contribution in [3.8, 4) is 0 Å². The normalized spacial score (nSPS) is 11.4. The number of carbonyl (C=O) groups is 1. The van der Waals surface area contributed by atoms with Crippen LogP contribution in [0.25, 0.3) is 0 Å². The van der Waals surface area contributed by atoms with E-state index >= 15 is 0 Å². The minimum Gasteiger partial charge on any atom is -0.345 e. The highest BCUT2D eigenvalue weighted by Crippen LogP contribution is 2.06. The molecule has 1 heterocycles. The van der Waals surface area contributed by atoms with Crippen LogP contribution in [0.4, 0.5) is 0 Å². The van der Waals surface area contributed by atoms with Gasteiger partial charge in [-0.05, 0) is 13.8 Å². The van der Waals surface area contributed by atoms with E-state index in [1.165, 1.54) is 6.20 Å². The number of alkyl halides is 1. The Hall–Kier alpha value is -1.03. The molecule has 0 aliphatic rings. The second kappa shape index (κ2) is 4.00. The van der Waals surface area contributed by atoms with Gasteiger partial charge in [0.25, 0.3) is 5.91 Å². The van der Waals surface area contributed by atoms with Gasteiger partial charge < -0.3 is 9.88 Å². The van der Waals surface area contributed by atoms with E-state index in [2.05, 4.69) is 10.3 Å². The van der Waals surface area contributed by atoms with Crippen molar-refractivity contribution >= 4 is 17.5 Å². The van der Waals surface area contributed by atoms with Gasteiger partial charge in [-0.25, -0.2) is 4.98 Å². The van der Waals surface area contributed by atoms with Crippen molar-refractivity contribution in [2.45, 2.75) is 19.4 Å². The summed E-state index contributed by atoms with van der Waals surface area (Å²) in [7, 11) is 1.77. The fourth-order valence-electron chi connectivity index (χ4n) is 0.981. The predicted molar refractivity (Wildman–Crippen MR) is 55.5 cm³/mol. The minimum atomic E-state index is -0.400. The standard InChI is InChI=1S/C9H14ClN3O/c1-9(2,5-10)12-8(14)7-4-11-6-13(7)3/h4,6H,5H2,1-3H3,(H,12,14). The smallest absolute Gasteiger partial charge is 0.269 e. The zero-order chi connectivity index (χ0) is 10.8. The van der Waals surface area contributed by atoms with Gasteiger partial charge in [-0.3, -0.25) is 4.79 Å². The SMILES string of the molecule is Cn1cncc1C(=O)NC(C)(C)CCl. The maximum absolute atomic E-state index is 11.7. The number of amides is 1. The zero-order valence-electron chi connectivity index (χ0n) is 8.54. The van der Waals surface area contributed by atoms with Crippen LogP contribution >= 0.6 is 11.6 Å². The van der Waals surface area contributed by atoms with Crippen LogP contribution in [0.2, 0.25) is 0 Å². The van der Waals surface area contributed by atoms with E-state index in [0.29, 0.717) is 11.6 Å². The number of rotatable bonds is 3. The first-order chi connectivity index (χ1) is 6.46. The maximum Gasteiger partial charge on any atom is 0.269 e.